The maximum Gasteiger partial charge on any atom is 0.405 e. The molecule has 2 aromatic heterocycles. The molecule has 1 unspecified atom stereocenters. The number of fused-ring (bicyclic) bond motifs is 2. The molecule has 8 nitrogen and oxygen atoms in total. The van der Waals surface area contributed by atoms with E-state index in [0.717, 1.165) is 37.9 Å². The molecule has 0 saturated carbocycles. The molecule has 0 aromatic carbocycles. The van der Waals surface area contributed by atoms with Gasteiger partial charge in [-0.15, -0.1) is 11.3 Å². The Balaban J connectivity index is 1.75. The predicted molar refractivity (Wildman–Crippen MR) is 130 cm³/mol. The van der Waals surface area contributed by atoms with Crippen molar-refractivity contribution < 1.29 is 36.6 Å². The van der Waals surface area contributed by atoms with Crippen LogP contribution >= 0.6 is 11.3 Å². The second kappa shape index (κ2) is 10.4. The summed E-state index contributed by atoms with van der Waals surface area (Å²) in [6, 6.07) is 0.0931. The molecule has 0 aliphatic carbocycles. The van der Waals surface area contributed by atoms with Crippen LogP contribution in [0.2, 0.25) is 0 Å². The van der Waals surface area contributed by atoms with Gasteiger partial charge in [0.15, 0.2) is 5.01 Å². The zero-order valence-corrected chi connectivity index (χ0v) is 21.7. The Morgan fingerprint density at radius 3 is 2.32 bits per heavy atom. The third-order valence-corrected chi connectivity index (χ3v) is 8.09. The van der Waals surface area contributed by atoms with Crippen molar-refractivity contribution in [1.29, 1.82) is 0 Å². The molecular formula is C24H28F5N5O3S. The molecule has 4 rings (SSSR count). The lowest BCUT2D eigenvalue weighted by Crippen LogP contribution is -2.47. The lowest BCUT2D eigenvalue weighted by atomic mass is 10.0. The van der Waals surface area contributed by atoms with E-state index in [-0.39, 0.29) is 33.2 Å². The van der Waals surface area contributed by atoms with E-state index in [1.165, 1.54) is 13.8 Å². The van der Waals surface area contributed by atoms with E-state index in [1.54, 1.807) is 11.8 Å². The fourth-order valence-corrected chi connectivity index (χ4v) is 5.67. The van der Waals surface area contributed by atoms with Gasteiger partial charge in [0.1, 0.15) is 18.1 Å². The average Bonchev–Trinajstić information content (AvgIpc) is 3.55. The number of anilines is 1. The van der Waals surface area contributed by atoms with Crippen LogP contribution < -0.4 is 10.6 Å². The van der Waals surface area contributed by atoms with Crippen LogP contribution in [0.4, 0.5) is 27.8 Å². The van der Waals surface area contributed by atoms with Crippen LogP contribution in [0.15, 0.2) is 12.3 Å². The standard InChI is InChI=1S/C24H28F5N5O3S/c1-11(23(2,3)37)32-20(35)21-33-17(22(36)34-12-4-5-13(34)7-6-12)18(38-21)15-9-30-16(8-14(15)19(25)26)31-10-24(27,28)29/h8-9,11-13,19,37H,4-7,10H2,1-3H3,(H,30,31)(H,32,35). The van der Waals surface area contributed by atoms with Gasteiger partial charge in [0.25, 0.3) is 18.2 Å². The van der Waals surface area contributed by atoms with E-state index in [4.69, 9.17) is 0 Å². The Labute approximate surface area is 219 Å². The highest BCUT2D eigenvalue weighted by Gasteiger charge is 2.44. The monoisotopic (exact) mass is 561 g/mol. The lowest BCUT2D eigenvalue weighted by molar-refractivity contribution is -0.115. The fraction of sp³-hybridized carbons (Fsp3) is 0.583. The molecule has 2 aliphatic heterocycles. The summed E-state index contributed by atoms with van der Waals surface area (Å²) in [5.74, 6) is -1.60. The Hall–Kier alpha value is -2.87. The summed E-state index contributed by atoms with van der Waals surface area (Å²) in [5, 5.41) is 14.6. The van der Waals surface area contributed by atoms with Gasteiger partial charge in [0.05, 0.1) is 16.5 Å². The second-order valence-electron chi connectivity index (χ2n) is 10.1. The van der Waals surface area contributed by atoms with Crippen LogP contribution in [-0.2, 0) is 0 Å². The summed E-state index contributed by atoms with van der Waals surface area (Å²) >= 11 is 0.712. The molecule has 0 radical (unpaired) electrons. The first-order valence-corrected chi connectivity index (χ1v) is 12.9. The van der Waals surface area contributed by atoms with Gasteiger partial charge in [0, 0.05) is 29.4 Å². The minimum Gasteiger partial charge on any atom is -0.388 e. The Kier molecular flexibility index (Phi) is 7.67. The van der Waals surface area contributed by atoms with E-state index < -0.39 is 54.0 Å². The van der Waals surface area contributed by atoms with Crippen molar-refractivity contribution in [3.63, 3.8) is 0 Å². The minimum atomic E-state index is -4.58. The number of halogens is 5. The van der Waals surface area contributed by atoms with Crippen LogP contribution in [-0.4, -0.2) is 68.2 Å². The number of hydrogen-bond acceptors (Lipinski definition) is 7. The van der Waals surface area contributed by atoms with Gasteiger partial charge in [0.2, 0.25) is 0 Å². The number of thiazole rings is 1. The Morgan fingerprint density at radius 2 is 1.79 bits per heavy atom. The van der Waals surface area contributed by atoms with E-state index >= 15 is 0 Å². The molecule has 2 amide bonds. The zero-order chi connectivity index (χ0) is 28.0. The molecule has 208 valence electrons. The highest BCUT2D eigenvalue weighted by molar-refractivity contribution is 7.17. The number of rotatable bonds is 8. The van der Waals surface area contributed by atoms with Crippen LogP contribution in [0.5, 0.6) is 0 Å². The smallest absolute Gasteiger partial charge is 0.388 e. The first kappa shape index (κ1) is 28.1. The lowest BCUT2D eigenvalue weighted by Gasteiger charge is -2.26. The molecule has 0 spiro atoms. The summed E-state index contributed by atoms with van der Waals surface area (Å²) in [4.78, 5) is 36.4. The van der Waals surface area contributed by atoms with Gasteiger partial charge in [-0.1, -0.05) is 0 Å². The summed E-state index contributed by atoms with van der Waals surface area (Å²) in [7, 11) is 0. The van der Waals surface area contributed by atoms with Gasteiger partial charge in [-0.05, 0) is 52.5 Å². The molecule has 1 atom stereocenters. The quantitative estimate of drug-likeness (QED) is 0.401. The van der Waals surface area contributed by atoms with Crippen LogP contribution in [0.25, 0.3) is 10.4 Å². The van der Waals surface area contributed by atoms with Gasteiger partial charge >= 0.3 is 6.18 Å². The largest absolute Gasteiger partial charge is 0.405 e. The van der Waals surface area contributed by atoms with Crippen LogP contribution in [0.1, 0.15) is 78.7 Å². The number of carbonyl (C=O) groups is 2. The van der Waals surface area contributed by atoms with Gasteiger partial charge < -0.3 is 20.6 Å². The number of hydrogen-bond donors (Lipinski definition) is 3. The number of nitrogens with zero attached hydrogens (tertiary/aromatic N) is 3. The first-order chi connectivity index (χ1) is 17.7. The second-order valence-corrected chi connectivity index (χ2v) is 11.1. The summed E-state index contributed by atoms with van der Waals surface area (Å²) in [5.41, 5.74) is -2.30. The number of amides is 2. The van der Waals surface area contributed by atoms with Gasteiger partial charge in [-0.2, -0.15) is 13.2 Å². The van der Waals surface area contributed by atoms with Crippen molar-refractivity contribution in [3.05, 3.63) is 28.5 Å². The fourth-order valence-electron chi connectivity index (χ4n) is 4.68. The topological polar surface area (TPSA) is 107 Å². The highest BCUT2D eigenvalue weighted by atomic mass is 32.1. The summed E-state index contributed by atoms with van der Waals surface area (Å²) in [6.07, 6.45) is -3.47. The number of aliphatic hydroxyl groups is 1. The zero-order valence-electron chi connectivity index (χ0n) is 20.9. The molecule has 2 aromatic rings. The highest BCUT2D eigenvalue weighted by Crippen LogP contribution is 2.42. The molecule has 2 fully saturated rings. The van der Waals surface area contributed by atoms with Gasteiger partial charge in [-0.3, -0.25) is 9.59 Å². The summed E-state index contributed by atoms with van der Waals surface area (Å²) < 4.78 is 66.0. The van der Waals surface area contributed by atoms with E-state index in [1.807, 2.05) is 5.32 Å². The van der Waals surface area contributed by atoms with Crippen LogP contribution in [0, 0.1) is 0 Å². The molecule has 2 bridgehead atoms. The third kappa shape index (κ3) is 5.90. The first-order valence-electron chi connectivity index (χ1n) is 12.1. The number of aromatic nitrogens is 2. The van der Waals surface area contributed by atoms with E-state index in [0.29, 0.717) is 11.3 Å². The normalized spacial score (nSPS) is 20.2. The molecule has 3 N–H and O–H groups in total. The Bertz CT molecular complexity index is 1190. The molecule has 2 aliphatic rings. The maximum absolute atomic E-state index is 14.1. The van der Waals surface area contributed by atoms with Crippen molar-refractivity contribution in [1.82, 2.24) is 20.2 Å². The number of alkyl halides is 5. The predicted octanol–water partition coefficient (Wildman–Crippen LogP) is 4.77. The average molecular weight is 562 g/mol. The van der Waals surface area contributed by atoms with Crippen LogP contribution in [0.3, 0.4) is 0 Å². The summed E-state index contributed by atoms with van der Waals surface area (Å²) in [6.45, 7) is 3.11. The molecule has 14 heteroatoms. The number of nitrogens with one attached hydrogen (secondary N) is 2. The van der Waals surface area contributed by atoms with Crippen molar-refractivity contribution in [3.8, 4) is 10.4 Å². The minimum absolute atomic E-state index is 0.00354. The number of pyridine rings is 1. The SMILES string of the molecule is CC(NC(=O)c1nc(C(=O)N2C3CCC2CC3)c(-c2cnc(NCC(F)(F)F)cc2C(F)F)s1)C(C)(C)O. The molecule has 4 heterocycles. The molecular weight excluding hydrogens is 533 g/mol. The van der Waals surface area contributed by atoms with Crippen molar-refractivity contribution in [2.45, 2.75) is 82.8 Å². The molecule has 2 saturated heterocycles. The van der Waals surface area contributed by atoms with E-state index in [9.17, 15) is 36.6 Å². The number of carbonyl (C=O) groups excluding carboxylic acids is 2. The van der Waals surface area contributed by atoms with Gasteiger partial charge in [-0.25, -0.2) is 18.7 Å². The third-order valence-electron chi connectivity index (χ3n) is 7.00. The van der Waals surface area contributed by atoms with E-state index in [2.05, 4.69) is 15.3 Å². The molecule has 38 heavy (non-hydrogen) atoms. The Morgan fingerprint density at radius 1 is 1.18 bits per heavy atom. The van der Waals surface area contributed by atoms with Crippen molar-refractivity contribution >= 4 is 29.0 Å². The van der Waals surface area contributed by atoms with Crippen molar-refractivity contribution in [2.75, 3.05) is 11.9 Å². The maximum atomic E-state index is 14.1. The van der Waals surface area contributed by atoms with Crippen molar-refractivity contribution in [2.24, 2.45) is 0 Å².